The van der Waals surface area contributed by atoms with Crippen molar-refractivity contribution in [1.82, 2.24) is 14.9 Å². The number of H-pyrrole nitrogens is 1. The number of aryl methyl sites for hydroxylation is 1. The summed E-state index contributed by atoms with van der Waals surface area (Å²) in [6.45, 7) is 4.14. The molecule has 2 N–H and O–H groups in total. The molecule has 0 amide bonds. The predicted octanol–water partition coefficient (Wildman–Crippen LogP) is 5.42. The van der Waals surface area contributed by atoms with Gasteiger partial charge in [-0.3, -0.25) is 0 Å². The Labute approximate surface area is 173 Å². The van der Waals surface area contributed by atoms with Crippen molar-refractivity contribution in [3.8, 4) is 6.07 Å². The molecular formula is C23H21N5S. The summed E-state index contributed by atoms with van der Waals surface area (Å²) in [6.07, 6.45) is 6.97. The third-order valence-corrected chi connectivity index (χ3v) is 6.79. The molecule has 0 bridgehead atoms. The van der Waals surface area contributed by atoms with Crippen LogP contribution in [-0.4, -0.2) is 35.0 Å². The van der Waals surface area contributed by atoms with Crippen LogP contribution in [0.5, 0.6) is 0 Å². The summed E-state index contributed by atoms with van der Waals surface area (Å²) in [5, 5.41) is 15.4. The minimum Gasteiger partial charge on any atom is -0.361 e. The van der Waals surface area contributed by atoms with E-state index in [9.17, 15) is 5.26 Å². The number of nitrogens with one attached hydrogen (secondary N) is 2. The van der Waals surface area contributed by atoms with E-state index in [1.165, 1.54) is 15.8 Å². The molecule has 3 aromatic heterocycles. The molecule has 0 saturated carbocycles. The Morgan fingerprint density at radius 2 is 2.17 bits per heavy atom. The average molecular weight is 400 g/mol. The lowest BCUT2D eigenvalue weighted by Gasteiger charge is -2.21. The van der Waals surface area contributed by atoms with Crippen molar-refractivity contribution in [2.75, 3.05) is 25.5 Å². The first-order chi connectivity index (χ1) is 14.1. The fourth-order valence-corrected chi connectivity index (χ4v) is 4.99. The highest BCUT2D eigenvalue weighted by Crippen LogP contribution is 2.38. The van der Waals surface area contributed by atoms with E-state index in [1.807, 2.05) is 6.20 Å². The number of aromatic nitrogens is 2. The van der Waals surface area contributed by atoms with Gasteiger partial charge in [-0.2, -0.15) is 5.26 Å². The van der Waals surface area contributed by atoms with E-state index in [2.05, 4.69) is 70.6 Å². The standard InChI is InChI=1S/C23H21N5S/c1-14-17-5-8-25-20(17)4-3-19(14)27-22-16(12-24)13-26-23-18(22)11-21(29-23)15-6-9-28(2)10-7-15/h3-6,8,11,13,25H,7,9-10H2,1-2H3,(H,26,27). The average Bonchev–Trinajstić information content (AvgIpc) is 3.38. The minimum absolute atomic E-state index is 0.563. The molecule has 0 fully saturated rings. The van der Waals surface area contributed by atoms with Gasteiger partial charge in [-0.15, -0.1) is 11.3 Å². The van der Waals surface area contributed by atoms with Crippen LogP contribution in [-0.2, 0) is 0 Å². The number of hydrogen-bond acceptors (Lipinski definition) is 5. The van der Waals surface area contributed by atoms with Crippen LogP contribution < -0.4 is 5.32 Å². The van der Waals surface area contributed by atoms with Gasteiger partial charge in [0.05, 0.1) is 11.3 Å². The molecular weight excluding hydrogens is 378 g/mol. The largest absolute Gasteiger partial charge is 0.361 e. The van der Waals surface area contributed by atoms with Crippen LogP contribution >= 0.6 is 11.3 Å². The molecule has 0 radical (unpaired) electrons. The zero-order valence-corrected chi connectivity index (χ0v) is 17.2. The summed E-state index contributed by atoms with van der Waals surface area (Å²) in [7, 11) is 2.14. The lowest BCUT2D eigenvalue weighted by molar-refractivity contribution is 0.370. The van der Waals surface area contributed by atoms with Gasteiger partial charge in [-0.05, 0) is 55.8 Å². The van der Waals surface area contributed by atoms with E-state index in [1.54, 1.807) is 17.5 Å². The van der Waals surface area contributed by atoms with Crippen LogP contribution in [0.3, 0.4) is 0 Å². The number of nitrogens with zero attached hydrogens (tertiary/aromatic N) is 3. The highest BCUT2D eigenvalue weighted by Gasteiger charge is 2.17. The number of aromatic amines is 1. The topological polar surface area (TPSA) is 67.7 Å². The van der Waals surface area contributed by atoms with Gasteiger partial charge in [-0.25, -0.2) is 4.98 Å². The van der Waals surface area contributed by atoms with Crippen molar-refractivity contribution in [2.24, 2.45) is 0 Å². The molecule has 0 atom stereocenters. The molecule has 0 saturated heterocycles. The molecule has 6 heteroatoms. The third-order valence-electron chi connectivity index (χ3n) is 5.67. The quantitative estimate of drug-likeness (QED) is 0.483. The van der Waals surface area contributed by atoms with E-state index < -0.39 is 0 Å². The SMILES string of the molecule is Cc1c(Nc2c(C#N)cnc3sc(C4=CCN(C)CC4)cc23)ccc2[nH]ccc12. The molecule has 1 aliphatic rings. The highest BCUT2D eigenvalue weighted by molar-refractivity contribution is 7.19. The van der Waals surface area contributed by atoms with Crippen molar-refractivity contribution < 1.29 is 0 Å². The van der Waals surface area contributed by atoms with Crippen LogP contribution in [0.4, 0.5) is 11.4 Å². The van der Waals surface area contributed by atoms with Crippen LogP contribution in [0.1, 0.15) is 22.4 Å². The molecule has 0 spiro atoms. The predicted molar refractivity (Wildman–Crippen MR) is 121 cm³/mol. The van der Waals surface area contributed by atoms with Gasteiger partial charge in [0, 0.05) is 52.3 Å². The molecule has 1 aliphatic heterocycles. The van der Waals surface area contributed by atoms with Crippen LogP contribution in [0.2, 0.25) is 0 Å². The Hall–Kier alpha value is -3.14. The first kappa shape index (κ1) is 17.9. The third kappa shape index (κ3) is 3.09. The molecule has 5 rings (SSSR count). The molecule has 4 heterocycles. The van der Waals surface area contributed by atoms with Crippen LogP contribution in [0, 0.1) is 18.3 Å². The van der Waals surface area contributed by atoms with E-state index in [4.69, 9.17) is 0 Å². The van der Waals surface area contributed by atoms with E-state index in [0.29, 0.717) is 5.56 Å². The molecule has 0 aliphatic carbocycles. The second-order valence-corrected chi connectivity index (χ2v) is 8.56. The first-order valence-electron chi connectivity index (χ1n) is 9.68. The molecule has 5 nitrogen and oxygen atoms in total. The van der Waals surface area contributed by atoms with Gasteiger partial charge in [0.1, 0.15) is 10.9 Å². The normalized spacial score (nSPS) is 14.9. The second-order valence-electron chi connectivity index (χ2n) is 7.53. The maximum Gasteiger partial charge on any atom is 0.125 e. The zero-order chi connectivity index (χ0) is 20.0. The summed E-state index contributed by atoms with van der Waals surface area (Å²) in [4.78, 5) is 12.3. The minimum atomic E-state index is 0.563. The summed E-state index contributed by atoms with van der Waals surface area (Å²) in [5.74, 6) is 0. The van der Waals surface area contributed by atoms with Crippen LogP contribution in [0.25, 0.3) is 26.7 Å². The maximum absolute atomic E-state index is 9.70. The van der Waals surface area contributed by atoms with Crippen molar-refractivity contribution in [2.45, 2.75) is 13.3 Å². The fraction of sp³-hybridized carbons (Fsp3) is 0.217. The van der Waals surface area contributed by atoms with E-state index >= 15 is 0 Å². The Morgan fingerprint density at radius 3 is 2.97 bits per heavy atom. The fourth-order valence-electron chi connectivity index (χ4n) is 3.92. The van der Waals surface area contributed by atoms with Gasteiger partial charge in [0.15, 0.2) is 0 Å². The Morgan fingerprint density at radius 1 is 1.28 bits per heavy atom. The van der Waals surface area contributed by atoms with E-state index in [0.717, 1.165) is 52.2 Å². The number of likely N-dealkylation sites (N-methyl/N-ethyl adjacent to an activating group) is 1. The van der Waals surface area contributed by atoms with Gasteiger partial charge < -0.3 is 15.2 Å². The zero-order valence-electron chi connectivity index (χ0n) is 16.4. The molecule has 0 unspecified atom stereocenters. The van der Waals surface area contributed by atoms with Gasteiger partial charge in [0.2, 0.25) is 0 Å². The van der Waals surface area contributed by atoms with Gasteiger partial charge in [-0.1, -0.05) is 6.08 Å². The first-order valence-corrected chi connectivity index (χ1v) is 10.5. The maximum atomic E-state index is 9.70. The summed E-state index contributed by atoms with van der Waals surface area (Å²) >= 11 is 1.70. The summed E-state index contributed by atoms with van der Waals surface area (Å²) < 4.78 is 0. The van der Waals surface area contributed by atoms with E-state index in [-0.39, 0.29) is 0 Å². The van der Waals surface area contributed by atoms with Crippen LogP contribution in [0.15, 0.2) is 42.7 Å². The van der Waals surface area contributed by atoms with Gasteiger partial charge in [0.25, 0.3) is 0 Å². The molecule has 29 heavy (non-hydrogen) atoms. The number of fused-ring (bicyclic) bond motifs is 2. The summed E-state index contributed by atoms with van der Waals surface area (Å²) in [6, 6.07) is 10.7. The Bertz CT molecular complexity index is 1300. The Kier molecular flexibility index (Phi) is 4.35. The second kappa shape index (κ2) is 7.03. The summed E-state index contributed by atoms with van der Waals surface area (Å²) in [5.41, 5.74) is 6.05. The molecule has 1 aromatic carbocycles. The van der Waals surface area contributed by atoms with Crippen molar-refractivity contribution in [1.29, 1.82) is 5.26 Å². The number of nitriles is 1. The van der Waals surface area contributed by atoms with Crippen molar-refractivity contribution in [3.05, 3.63) is 58.7 Å². The van der Waals surface area contributed by atoms with Crippen molar-refractivity contribution >= 4 is 49.4 Å². The van der Waals surface area contributed by atoms with Crippen molar-refractivity contribution in [3.63, 3.8) is 0 Å². The lowest BCUT2D eigenvalue weighted by Crippen LogP contribution is -2.23. The number of pyridine rings is 1. The molecule has 4 aromatic rings. The number of thiophene rings is 1. The number of hydrogen-bond donors (Lipinski definition) is 2. The molecule has 144 valence electrons. The number of benzene rings is 1. The highest BCUT2D eigenvalue weighted by atomic mass is 32.1. The Balaban J connectivity index is 1.61. The monoisotopic (exact) mass is 399 g/mol. The number of rotatable bonds is 3. The number of anilines is 2. The smallest absolute Gasteiger partial charge is 0.125 e. The lowest BCUT2D eigenvalue weighted by atomic mass is 10.1. The van der Waals surface area contributed by atoms with Gasteiger partial charge >= 0.3 is 0 Å².